The summed E-state index contributed by atoms with van der Waals surface area (Å²) < 4.78 is 12.0. The van der Waals surface area contributed by atoms with E-state index in [1.165, 1.54) is 0 Å². The standard InChI is InChI=1S/C12H16BrNO2/c13-10-1-2-12(11(14)7-10)16-8-9-3-5-15-6-4-9/h1-2,7,9H,3-6,8,14H2. The van der Waals surface area contributed by atoms with E-state index in [4.69, 9.17) is 15.2 Å². The molecule has 1 aliphatic rings. The monoisotopic (exact) mass is 285 g/mol. The summed E-state index contributed by atoms with van der Waals surface area (Å²) in [5.74, 6) is 1.37. The van der Waals surface area contributed by atoms with Crippen molar-refractivity contribution in [1.82, 2.24) is 0 Å². The zero-order chi connectivity index (χ0) is 11.4. The molecule has 0 bridgehead atoms. The van der Waals surface area contributed by atoms with Gasteiger partial charge in [-0.2, -0.15) is 0 Å². The minimum Gasteiger partial charge on any atom is -0.491 e. The Kier molecular flexibility index (Phi) is 4.07. The van der Waals surface area contributed by atoms with E-state index in [0.717, 1.165) is 42.9 Å². The zero-order valence-corrected chi connectivity index (χ0v) is 10.7. The fraction of sp³-hybridized carbons (Fsp3) is 0.500. The quantitative estimate of drug-likeness (QED) is 0.869. The molecule has 0 atom stereocenters. The van der Waals surface area contributed by atoms with Crippen molar-refractivity contribution in [2.75, 3.05) is 25.6 Å². The second kappa shape index (κ2) is 5.55. The maximum Gasteiger partial charge on any atom is 0.142 e. The third-order valence-electron chi connectivity index (χ3n) is 2.79. The van der Waals surface area contributed by atoms with Gasteiger partial charge in [0.25, 0.3) is 0 Å². The van der Waals surface area contributed by atoms with Crippen LogP contribution in [-0.4, -0.2) is 19.8 Å². The highest BCUT2D eigenvalue weighted by molar-refractivity contribution is 9.10. The van der Waals surface area contributed by atoms with Crippen molar-refractivity contribution in [3.63, 3.8) is 0 Å². The van der Waals surface area contributed by atoms with E-state index in [0.29, 0.717) is 11.6 Å². The van der Waals surface area contributed by atoms with E-state index in [1.807, 2.05) is 18.2 Å². The van der Waals surface area contributed by atoms with Gasteiger partial charge in [0.05, 0.1) is 12.3 Å². The summed E-state index contributed by atoms with van der Waals surface area (Å²) in [5, 5.41) is 0. The van der Waals surface area contributed by atoms with Gasteiger partial charge < -0.3 is 15.2 Å². The average molecular weight is 286 g/mol. The van der Waals surface area contributed by atoms with Gasteiger partial charge in [0.1, 0.15) is 5.75 Å². The summed E-state index contributed by atoms with van der Waals surface area (Å²) in [6, 6.07) is 5.70. The Morgan fingerprint density at radius 1 is 1.38 bits per heavy atom. The molecule has 1 saturated heterocycles. The van der Waals surface area contributed by atoms with E-state index in [9.17, 15) is 0 Å². The molecular weight excluding hydrogens is 270 g/mol. The summed E-state index contributed by atoms with van der Waals surface area (Å²) >= 11 is 3.37. The highest BCUT2D eigenvalue weighted by Gasteiger charge is 2.14. The predicted octanol–water partition coefficient (Wildman–Crippen LogP) is 2.84. The number of anilines is 1. The maximum atomic E-state index is 5.86. The molecule has 4 heteroatoms. The molecule has 1 fully saturated rings. The molecule has 0 amide bonds. The number of hydrogen-bond acceptors (Lipinski definition) is 3. The number of nitrogens with two attached hydrogens (primary N) is 1. The molecule has 0 spiro atoms. The zero-order valence-electron chi connectivity index (χ0n) is 9.12. The minimum absolute atomic E-state index is 0.594. The third kappa shape index (κ3) is 3.12. The van der Waals surface area contributed by atoms with Crippen LogP contribution in [-0.2, 0) is 4.74 Å². The molecule has 2 N–H and O–H groups in total. The Balaban J connectivity index is 1.88. The van der Waals surface area contributed by atoms with E-state index >= 15 is 0 Å². The first-order chi connectivity index (χ1) is 7.75. The van der Waals surface area contributed by atoms with Crippen LogP contribution in [0, 0.1) is 5.92 Å². The Morgan fingerprint density at radius 2 is 2.12 bits per heavy atom. The van der Waals surface area contributed by atoms with E-state index in [1.54, 1.807) is 0 Å². The molecule has 2 rings (SSSR count). The van der Waals surface area contributed by atoms with Crippen LogP contribution in [0.4, 0.5) is 5.69 Å². The molecular formula is C12H16BrNO2. The molecule has 3 nitrogen and oxygen atoms in total. The molecule has 0 radical (unpaired) electrons. The fourth-order valence-electron chi connectivity index (χ4n) is 1.77. The van der Waals surface area contributed by atoms with Crippen molar-refractivity contribution in [2.24, 2.45) is 5.92 Å². The highest BCUT2D eigenvalue weighted by Crippen LogP contribution is 2.26. The topological polar surface area (TPSA) is 44.5 Å². The predicted molar refractivity (Wildman–Crippen MR) is 67.6 cm³/mol. The van der Waals surface area contributed by atoms with Crippen molar-refractivity contribution in [2.45, 2.75) is 12.8 Å². The molecule has 1 aromatic rings. The first-order valence-electron chi connectivity index (χ1n) is 5.51. The third-order valence-corrected chi connectivity index (χ3v) is 3.28. The molecule has 0 aliphatic carbocycles. The number of halogens is 1. The number of benzene rings is 1. The van der Waals surface area contributed by atoms with Gasteiger partial charge in [-0.1, -0.05) is 15.9 Å². The van der Waals surface area contributed by atoms with E-state index in [-0.39, 0.29) is 0 Å². The molecule has 88 valence electrons. The second-order valence-corrected chi connectivity index (χ2v) is 4.96. The first kappa shape index (κ1) is 11.7. The fourth-order valence-corrected chi connectivity index (χ4v) is 2.15. The summed E-state index contributed by atoms with van der Waals surface area (Å²) in [6.45, 7) is 2.43. The van der Waals surface area contributed by atoms with Crippen molar-refractivity contribution in [1.29, 1.82) is 0 Å². The molecule has 1 aromatic carbocycles. The largest absolute Gasteiger partial charge is 0.491 e. The van der Waals surface area contributed by atoms with Crippen LogP contribution >= 0.6 is 15.9 Å². The summed E-state index contributed by atoms with van der Waals surface area (Å²) in [6.07, 6.45) is 2.16. The number of ether oxygens (including phenoxy) is 2. The number of nitrogen functional groups attached to an aromatic ring is 1. The van der Waals surface area contributed by atoms with Crippen LogP contribution in [0.25, 0.3) is 0 Å². The van der Waals surface area contributed by atoms with Crippen LogP contribution in [0.2, 0.25) is 0 Å². The Hall–Kier alpha value is -0.740. The summed E-state index contributed by atoms with van der Waals surface area (Å²) in [4.78, 5) is 0. The Labute approximate surface area is 104 Å². The smallest absolute Gasteiger partial charge is 0.142 e. The molecule has 16 heavy (non-hydrogen) atoms. The van der Waals surface area contributed by atoms with Crippen molar-refractivity contribution < 1.29 is 9.47 Å². The molecule has 0 unspecified atom stereocenters. The van der Waals surface area contributed by atoms with Crippen LogP contribution in [0.1, 0.15) is 12.8 Å². The van der Waals surface area contributed by atoms with Crippen LogP contribution in [0.3, 0.4) is 0 Å². The second-order valence-electron chi connectivity index (χ2n) is 4.05. The van der Waals surface area contributed by atoms with Gasteiger partial charge in [0, 0.05) is 17.7 Å². The normalized spacial score (nSPS) is 17.3. The molecule has 1 heterocycles. The van der Waals surface area contributed by atoms with E-state index < -0.39 is 0 Å². The van der Waals surface area contributed by atoms with Gasteiger partial charge in [-0.3, -0.25) is 0 Å². The van der Waals surface area contributed by atoms with E-state index in [2.05, 4.69) is 15.9 Å². The SMILES string of the molecule is Nc1cc(Br)ccc1OCC1CCOCC1. The first-order valence-corrected chi connectivity index (χ1v) is 6.30. The lowest BCUT2D eigenvalue weighted by Crippen LogP contribution is -2.21. The van der Waals surface area contributed by atoms with Crippen molar-refractivity contribution >= 4 is 21.6 Å². The minimum atomic E-state index is 0.594. The molecule has 0 saturated carbocycles. The lowest BCUT2D eigenvalue weighted by atomic mass is 10.0. The lowest BCUT2D eigenvalue weighted by molar-refractivity contribution is 0.0499. The van der Waals surface area contributed by atoms with Gasteiger partial charge >= 0.3 is 0 Å². The van der Waals surface area contributed by atoms with Gasteiger partial charge in [0.15, 0.2) is 0 Å². The molecule has 1 aliphatic heterocycles. The van der Waals surface area contributed by atoms with Gasteiger partial charge in [0.2, 0.25) is 0 Å². The maximum absolute atomic E-state index is 5.86. The number of hydrogen-bond donors (Lipinski definition) is 1. The van der Waals surface area contributed by atoms with Crippen LogP contribution < -0.4 is 10.5 Å². The van der Waals surface area contributed by atoms with Gasteiger partial charge in [-0.15, -0.1) is 0 Å². The lowest BCUT2D eigenvalue weighted by Gasteiger charge is -2.22. The van der Waals surface area contributed by atoms with Crippen molar-refractivity contribution in [3.05, 3.63) is 22.7 Å². The average Bonchev–Trinajstić information content (AvgIpc) is 2.29. The summed E-state index contributed by atoms with van der Waals surface area (Å²) in [5.41, 5.74) is 6.54. The van der Waals surface area contributed by atoms with Crippen LogP contribution in [0.15, 0.2) is 22.7 Å². The summed E-state index contributed by atoms with van der Waals surface area (Å²) in [7, 11) is 0. The van der Waals surface area contributed by atoms with Crippen LogP contribution in [0.5, 0.6) is 5.75 Å². The molecule has 0 aromatic heterocycles. The number of rotatable bonds is 3. The Morgan fingerprint density at radius 3 is 2.81 bits per heavy atom. The van der Waals surface area contributed by atoms with Crippen molar-refractivity contribution in [3.8, 4) is 5.75 Å². The highest BCUT2D eigenvalue weighted by atomic mass is 79.9. The Bertz CT molecular complexity index is 351. The van der Waals surface area contributed by atoms with Gasteiger partial charge in [-0.25, -0.2) is 0 Å². The van der Waals surface area contributed by atoms with Gasteiger partial charge in [-0.05, 0) is 37.0 Å².